The molecule has 1 aliphatic rings. The first-order valence-electron chi connectivity index (χ1n) is 9.36. The van der Waals surface area contributed by atoms with Crippen molar-refractivity contribution in [1.82, 2.24) is 14.9 Å². The number of aliphatic hydroxyl groups excluding tert-OH is 1. The Balaban J connectivity index is 1.57. The van der Waals surface area contributed by atoms with Crippen molar-refractivity contribution in [3.63, 3.8) is 0 Å². The van der Waals surface area contributed by atoms with Gasteiger partial charge in [0.2, 0.25) is 0 Å². The Morgan fingerprint density at radius 1 is 1.21 bits per heavy atom. The van der Waals surface area contributed by atoms with E-state index >= 15 is 0 Å². The summed E-state index contributed by atoms with van der Waals surface area (Å²) in [5.41, 5.74) is 4.09. The molecular formula is C22H22N4O3. The number of imidazole rings is 1. The van der Waals surface area contributed by atoms with Crippen LogP contribution in [0.4, 0.5) is 0 Å². The highest BCUT2D eigenvalue weighted by Gasteiger charge is 2.22. The number of nitriles is 1. The van der Waals surface area contributed by atoms with Crippen LogP contribution in [0.1, 0.15) is 17.0 Å². The third-order valence-corrected chi connectivity index (χ3v) is 5.20. The number of ether oxygens (including phenoxy) is 2. The van der Waals surface area contributed by atoms with Gasteiger partial charge in [-0.2, -0.15) is 5.26 Å². The second-order valence-corrected chi connectivity index (χ2v) is 6.97. The van der Waals surface area contributed by atoms with Crippen LogP contribution in [0.2, 0.25) is 0 Å². The summed E-state index contributed by atoms with van der Waals surface area (Å²) in [6.07, 6.45) is 0.829. The third kappa shape index (κ3) is 3.62. The summed E-state index contributed by atoms with van der Waals surface area (Å²) in [6, 6.07) is 13.6. The molecule has 0 fully saturated rings. The van der Waals surface area contributed by atoms with Gasteiger partial charge in [-0.25, -0.2) is 4.98 Å². The quantitative estimate of drug-likeness (QED) is 0.512. The topological polar surface area (TPSA) is 94.4 Å². The van der Waals surface area contributed by atoms with Crippen LogP contribution >= 0.6 is 0 Å². The van der Waals surface area contributed by atoms with Gasteiger partial charge in [0, 0.05) is 13.1 Å². The molecule has 1 aromatic heterocycles. The van der Waals surface area contributed by atoms with Gasteiger partial charge in [-0.1, -0.05) is 12.1 Å². The largest absolute Gasteiger partial charge is 0.509 e. The molecule has 0 atom stereocenters. The maximum Gasteiger partial charge on any atom is 0.161 e. The highest BCUT2D eigenvalue weighted by Crippen LogP contribution is 2.33. The lowest BCUT2D eigenvalue weighted by Crippen LogP contribution is -2.32. The summed E-state index contributed by atoms with van der Waals surface area (Å²) in [5.74, 6) is 1.80. The number of aromatic nitrogens is 2. The van der Waals surface area contributed by atoms with Crippen LogP contribution in [0.15, 0.2) is 42.2 Å². The van der Waals surface area contributed by atoms with Crippen LogP contribution in [0.25, 0.3) is 16.6 Å². The first-order valence-corrected chi connectivity index (χ1v) is 9.36. The Kier molecular flexibility index (Phi) is 5.10. The second-order valence-electron chi connectivity index (χ2n) is 6.97. The van der Waals surface area contributed by atoms with E-state index in [-0.39, 0.29) is 17.9 Å². The molecule has 2 heterocycles. The van der Waals surface area contributed by atoms with Crippen molar-refractivity contribution in [3.8, 4) is 17.6 Å². The van der Waals surface area contributed by atoms with Crippen molar-refractivity contribution in [2.24, 2.45) is 0 Å². The van der Waals surface area contributed by atoms with Crippen molar-refractivity contribution in [2.75, 3.05) is 27.3 Å². The van der Waals surface area contributed by atoms with Crippen molar-refractivity contribution in [1.29, 1.82) is 5.26 Å². The summed E-state index contributed by atoms with van der Waals surface area (Å²) in [7, 11) is 3.25. The molecule has 0 saturated heterocycles. The minimum absolute atomic E-state index is 0.00971. The van der Waals surface area contributed by atoms with E-state index in [9.17, 15) is 10.4 Å². The number of allylic oxidation sites excluding steroid dienone is 1. The average Bonchev–Trinajstić information content (AvgIpc) is 3.16. The molecule has 0 radical (unpaired) electrons. The summed E-state index contributed by atoms with van der Waals surface area (Å²) in [4.78, 5) is 9.64. The summed E-state index contributed by atoms with van der Waals surface area (Å²) < 4.78 is 10.8. The predicted octanol–water partition coefficient (Wildman–Crippen LogP) is 3.43. The summed E-state index contributed by atoms with van der Waals surface area (Å²) >= 11 is 0. The molecule has 0 aliphatic carbocycles. The van der Waals surface area contributed by atoms with Crippen molar-refractivity contribution in [3.05, 3.63) is 59.1 Å². The fourth-order valence-electron chi connectivity index (χ4n) is 3.69. The van der Waals surface area contributed by atoms with Gasteiger partial charge in [-0.3, -0.25) is 4.90 Å². The van der Waals surface area contributed by atoms with Crippen molar-refractivity contribution in [2.45, 2.75) is 13.0 Å². The number of rotatable bonds is 5. The van der Waals surface area contributed by atoms with Gasteiger partial charge in [0.1, 0.15) is 17.4 Å². The number of methoxy groups -OCH3 is 2. The zero-order valence-electron chi connectivity index (χ0n) is 16.4. The normalized spacial score (nSPS) is 14.8. The van der Waals surface area contributed by atoms with Gasteiger partial charge in [-0.15, -0.1) is 0 Å². The summed E-state index contributed by atoms with van der Waals surface area (Å²) in [6.45, 7) is 1.69. The number of aliphatic hydroxyl groups is 1. The number of hydrogen-bond acceptors (Lipinski definition) is 6. The van der Waals surface area contributed by atoms with E-state index in [4.69, 9.17) is 9.47 Å². The Hall–Kier alpha value is -3.50. The summed E-state index contributed by atoms with van der Waals surface area (Å²) in [5, 5.41) is 20.3. The standard InChI is InChI=1S/C22H22N4O3/c1-28-20-9-14-7-8-26(12-15(14)10-21(20)29-2)13-19(27)16(11-23)22-24-17-5-3-4-6-18(17)25-22/h3-6,9-10,27H,7-8,12-13H2,1-2H3,(H,24,25)/b19-16-. The fraction of sp³-hybridized carbons (Fsp3) is 0.273. The smallest absolute Gasteiger partial charge is 0.161 e. The molecule has 4 rings (SSSR count). The minimum Gasteiger partial charge on any atom is -0.509 e. The molecule has 7 nitrogen and oxygen atoms in total. The highest BCUT2D eigenvalue weighted by atomic mass is 16.5. The number of hydrogen-bond donors (Lipinski definition) is 2. The van der Waals surface area contributed by atoms with Gasteiger partial charge in [0.05, 0.1) is 31.8 Å². The Labute approximate surface area is 168 Å². The van der Waals surface area contributed by atoms with E-state index in [0.29, 0.717) is 18.1 Å². The van der Waals surface area contributed by atoms with E-state index in [1.807, 2.05) is 36.4 Å². The molecule has 148 valence electrons. The average molecular weight is 390 g/mol. The van der Waals surface area contributed by atoms with Crippen LogP contribution in [-0.2, 0) is 13.0 Å². The molecule has 0 spiro atoms. The third-order valence-electron chi connectivity index (χ3n) is 5.20. The van der Waals surface area contributed by atoms with Crippen LogP contribution < -0.4 is 9.47 Å². The Morgan fingerprint density at radius 2 is 1.93 bits per heavy atom. The number of fused-ring (bicyclic) bond motifs is 2. The lowest BCUT2D eigenvalue weighted by molar-refractivity contribution is 0.234. The molecule has 1 aliphatic heterocycles. The van der Waals surface area contributed by atoms with Gasteiger partial charge < -0.3 is 19.6 Å². The van der Waals surface area contributed by atoms with E-state index in [0.717, 1.165) is 35.3 Å². The van der Waals surface area contributed by atoms with Gasteiger partial charge >= 0.3 is 0 Å². The number of H-pyrrole nitrogens is 1. The van der Waals surface area contributed by atoms with Gasteiger partial charge in [0.15, 0.2) is 17.3 Å². The molecule has 0 saturated carbocycles. The van der Waals surface area contributed by atoms with E-state index < -0.39 is 0 Å². The second kappa shape index (κ2) is 7.86. The van der Waals surface area contributed by atoms with E-state index in [2.05, 4.69) is 20.9 Å². The van der Waals surface area contributed by atoms with E-state index in [1.54, 1.807) is 14.2 Å². The Bertz CT molecular complexity index is 1090. The van der Waals surface area contributed by atoms with Gasteiger partial charge in [0.25, 0.3) is 0 Å². The molecule has 0 bridgehead atoms. The molecule has 2 aromatic carbocycles. The monoisotopic (exact) mass is 390 g/mol. The van der Waals surface area contributed by atoms with Crippen LogP contribution in [0.3, 0.4) is 0 Å². The minimum atomic E-state index is 0.00971. The fourth-order valence-corrected chi connectivity index (χ4v) is 3.69. The van der Waals surface area contributed by atoms with Crippen molar-refractivity contribution < 1.29 is 14.6 Å². The predicted molar refractivity (Wildman–Crippen MR) is 110 cm³/mol. The molecule has 7 heteroatoms. The molecule has 29 heavy (non-hydrogen) atoms. The number of nitrogens with one attached hydrogen (secondary N) is 1. The zero-order chi connectivity index (χ0) is 20.4. The van der Waals surface area contributed by atoms with Crippen LogP contribution in [0, 0.1) is 11.3 Å². The number of aromatic amines is 1. The first-order chi connectivity index (χ1) is 14.1. The lowest BCUT2D eigenvalue weighted by atomic mass is 9.98. The Morgan fingerprint density at radius 3 is 2.62 bits per heavy atom. The zero-order valence-corrected chi connectivity index (χ0v) is 16.4. The highest BCUT2D eigenvalue weighted by molar-refractivity contribution is 5.82. The molecule has 2 N–H and O–H groups in total. The maximum atomic E-state index is 10.7. The molecular weight excluding hydrogens is 368 g/mol. The number of para-hydroxylation sites is 2. The molecule has 0 amide bonds. The lowest BCUT2D eigenvalue weighted by Gasteiger charge is -2.29. The van der Waals surface area contributed by atoms with Crippen molar-refractivity contribution >= 4 is 16.6 Å². The first kappa shape index (κ1) is 18.8. The number of nitrogens with zero attached hydrogens (tertiary/aromatic N) is 3. The van der Waals surface area contributed by atoms with Crippen LogP contribution in [0.5, 0.6) is 11.5 Å². The maximum absolute atomic E-state index is 10.7. The van der Waals surface area contributed by atoms with Crippen LogP contribution in [-0.4, -0.2) is 47.3 Å². The van der Waals surface area contributed by atoms with E-state index in [1.165, 1.54) is 5.56 Å². The number of benzene rings is 2. The molecule has 3 aromatic rings. The SMILES string of the molecule is COc1cc2c(cc1OC)CN(C/C(O)=C(\C#N)c1nc3ccccc3[nH]1)CC2. The van der Waals surface area contributed by atoms with Gasteiger partial charge in [-0.05, 0) is 41.8 Å². The molecule has 0 unspecified atom stereocenters.